The highest BCUT2D eigenvalue weighted by atomic mass is 14.7. The Morgan fingerprint density at radius 2 is 2.00 bits per heavy atom. The van der Waals surface area contributed by atoms with E-state index in [-0.39, 0.29) is 0 Å². The molecule has 0 bridgehead atoms. The molecule has 64 valence electrons. The number of hydrogen-bond donors (Lipinski definition) is 0. The lowest BCUT2D eigenvalue weighted by Crippen LogP contribution is -2.15. The minimum Gasteiger partial charge on any atom is -0.258 e. The van der Waals surface area contributed by atoms with Crippen molar-refractivity contribution in [3.05, 3.63) is 29.6 Å². The quantitative estimate of drug-likeness (QED) is 0.646. The highest BCUT2D eigenvalue weighted by Crippen LogP contribution is 2.19. The van der Waals surface area contributed by atoms with Gasteiger partial charge >= 0.3 is 0 Å². The standard InChI is InChI=1S/C10H9N3/c1-10(2,7-12)9-4-3-8(5-11)6-13-9/h3-4,6H,1-2H3. The van der Waals surface area contributed by atoms with Crippen LogP contribution in [0.2, 0.25) is 0 Å². The monoisotopic (exact) mass is 171 g/mol. The van der Waals surface area contributed by atoms with Crippen molar-refractivity contribution < 1.29 is 0 Å². The number of rotatable bonds is 1. The first kappa shape index (κ1) is 9.22. The Kier molecular flexibility index (Phi) is 2.30. The fourth-order valence-corrected chi connectivity index (χ4v) is 0.887. The van der Waals surface area contributed by atoms with Gasteiger partial charge in [-0.1, -0.05) is 0 Å². The third kappa shape index (κ3) is 1.83. The van der Waals surface area contributed by atoms with Crippen LogP contribution < -0.4 is 0 Å². The highest BCUT2D eigenvalue weighted by Gasteiger charge is 2.20. The molecule has 0 spiro atoms. The lowest BCUT2D eigenvalue weighted by Gasteiger charge is -2.13. The molecule has 1 aromatic heterocycles. The SMILES string of the molecule is CC(C)(C#N)c1ccc(C#N)cn1. The zero-order valence-corrected chi connectivity index (χ0v) is 7.57. The predicted molar refractivity (Wildman–Crippen MR) is 47.6 cm³/mol. The predicted octanol–water partition coefficient (Wildman–Crippen LogP) is 1.75. The largest absolute Gasteiger partial charge is 0.258 e. The fourth-order valence-electron chi connectivity index (χ4n) is 0.887. The molecule has 0 atom stereocenters. The molecule has 13 heavy (non-hydrogen) atoms. The number of nitrogens with zero attached hydrogens (tertiary/aromatic N) is 3. The van der Waals surface area contributed by atoms with Crippen LogP contribution in [0, 0.1) is 22.7 Å². The lowest BCUT2D eigenvalue weighted by atomic mass is 9.91. The zero-order valence-electron chi connectivity index (χ0n) is 7.57. The Bertz CT molecular complexity index is 376. The maximum atomic E-state index is 8.82. The molecule has 1 aromatic rings. The number of hydrogen-bond acceptors (Lipinski definition) is 3. The van der Waals surface area contributed by atoms with Crippen LogP contribution >= 0.6 is 0 Å². The van der Waals surface area contributed by atoms with E-state index >= 15 is 0 Å². The first-order valence-electron chi connectivity index (χ1n) is 3.88. The third-order valence-corrected chi connectivity index (χ3v) is 1.81. The fraction of sp³-hybridized carbons (Fsp3) is 0.300. The average Bonchev–Trinajstić information content (AvgIpc) is 2.18. The van der Waals surface area contributed by atoms with Gasteiger partial charge in [0.05, 0.1) is 22.7 Å². The molecule has 0 fully saturated rings. The minimum absolute atomic E-state index is 0.512. The van der Waals surface area contributed by atoms with Gasteiger partial charge in [-0.05, 0) is 26.0 Å². The van der Waals surface area contributed by atoms with Gasteiger partial charge in [-0.15, -0.1) is 0 Å². The van der Waals surface area contributed by atoms with Gasteiger partial charge in [-0.25, -0.2) is 0 Å². The summed E-state index contributed by atoms with van der Waals surface area (Å²) in [5.74, 6) is 0. The summed E-state index contributed by atoms with van der Waals surface area (Å²) in [6.45, 7) is 3.59. The van der Waals surface area contributed by atoms with Gasteiger partial charge in [-0.2, -0.15) is 10.5 Å². The Morgan fingerprint density at radius 1 is 1.31 bits per heavy atom. The number of aromatic nitrogens is 1. The molecule has 0 aromatic carbocycles. The van der Waals surface area contributed by atoms with E-state index in [1.54, 1.807) is 26.0 Å². The Hall–Kier alpha value is -1.87. The van der Waals surface area contributed by atoms with Crippen LogP contribution in [0.3, 0.4) is 0 Å². The van der Waals surface area contributed by atoms with Gasteiger partial charge in [0.25, 0.3) is 0 Å². The summed E-state index contributed by atoms with van der Waals surface area (Å²) in [7, 11) is 0. The van der Waals surface area contributed by atoms with Crippen molar-refractivity contribution in [3.8, 4) is 12.1 Å². The van der Waals surface area contributed by atoms with Crippen molar-refractivity contribution in [2.75, 3.05) is 0 Å². The second kappa shape index (κ2) is 3.25. The second-order valence-corrected chi connectivity index (χ2v) is 3.28. The van der Waals surface area contributed by atoms with E-state index in [9.17, 15) is 0 Å². The lowest BCUT2D eigenvalue weighted by molar-refractivity contribution is 0.659. The number of nitriles is 2. The molecule has 0 N–H and O–H groups in total. The minimum atomic E-state index is -0.589. The number of pyridine rings is 1. The van der Waals surface area contributed by atoms with Crippen molar-refractivity contribution >= 4 is 0 Å². The average molecular weight is 171 g/mol. The van der Waals surface area contributed by atoms with Gasteiger partial charge in [0, 0.05) is 6.20 Å². The van der Waals surface area contributed by atoms with Crippen LogP contribution in [0.1, 0.15) is 25.1 Å². The summed E-state index contributed by atoms with van der Waals surface area (Å²) in [4.78, 5) is 4.05. The van der Waals surface area contributed by atoms with Crippen LogP contribution in [0.5, 0.6) is 0 Å². The summed E-state index contributed by atoms with van der Waals surface area (Å²) in [5, 5.41) is 17.4. The van der Waals surface area contributed by atoms with Crippen LogP contribution in [0.25, 0.3) is 0 Å². The molecule has 0 aliphatic carbocycles. The molecule has 0 aliphatic heterocycles. The van der Waals surface area contributed by atoms with E-state index in [0.29, 0.717) is 11.3 Å². The van der Waals surface area contributed by atoms with Gasteiger partial charge in [-0.3, -0.25) is 4.98 Å². The van der Waals surface area contributed by atoms with Crippen LogP contribution in [0.4, 0.5) is 0 Å². The van der Waals surface area contributed by atoms with Crippen LogP contribution in [-0.2, 0) is 5.41 Å². The Labute approximate surface area is 77.3 Å². The van der Waals surface area contributed by atoms with Crippen molar-refractivity contribution in [2.45, 2.75) is 19.3 Å². The molecular formula is C10H9N3. The van der Waals surface area contributed by atoms with Crippen molar-refractivity contribution in [1.82, 2.24) is 4.98 Å². The molecule has 1 heterocycles. The van der Waals surface area contributed by atoms with E-state index in [1.807, 2.05) is 6.07 Å². The molecule has 0 aliphatic rings. The molecule has 0 unspecified atom stereocenters. The topological polar surface area (TPSA) is 60.5 Å². The van der Waals surface area contributed by atoms with Crippen molar-refractivity contribution in [1.29, 1.82) is 10.5 Å². The van der Waals surface area contributed by atoms with E-state index in [0.717, 1.165) is 0 Å². The van der Waals surface area contributed by atoms with E-state index in [1.165, 1.54) is 6.20 Å². The summed E-state index contributed by atoms with van der Waals surface area (Å²) >= 11 is 0. The van der Waals surface area contributed by atoms with Crippen molar-refractivity contribution in [3.63, 3.8) is 0 Å². The molecule has 0 radical (unpaired) electrons. The normalized spacial score (nSPS) is 10.2. The van der Waals surface area contributed by atoms with E-state index < -0.39 is 5.41 Å². The van der Waals surface area contributed by atoms with Gasteiger partial charge in [0.2, 0.25) is 0 Å². The Morgan fingerprint density at radius 3 is 2.38 bits per heavy atom. The summed E-state index contributed by atoms with van der Waals surface area (Å²) in [6, 6.07) is 7.51. The Balaban J connectivity index is 3.09. The van der Waals surface area contributed by atoms with Crippen LogP contribution in [0.15, 0.2) is 18.3 Å². The van der Waals surface area contributed by atoms with E-state index in [4.69, 9.17) is 10.5 Å². The van der Waals surface area contributed by atoms with Crippen LogP contribution in [-0.4, -0.2) is 4.98 Å². The molecule has 3 nitrogen and oxygen atoms in total. The molecule has 0 amide bonds. The van der Waals surface area contributed by atoms with Crippen molar-refractivity contribution in [2.24, 2.45) is 0 Å². The zero-order chi connectivity index (χ0) is 9.90. The summed E-state index contributed by atoms with van der Waals surface area (Å²) in [6.07, 6.45) is 1.48. The summed E-state index contributed by atoms with van der Waals surface area (Å²) in [5.41, 5.74) is 0.611. The van der Waals surface area contributed by atoms with Gasteiger partial charge in [0.15, 0.2) is 0 Å². The molecule has 0 saturated heterocycles. The van der Waals surface area contributed by atoms with E-state index in [2.05, 4.69) is 11.1 Å². The first-order chi connectivity index (χ1) is 6.10. The smallest absolute Gasteiger partial charge is 0.101 e. The third-order valence-electron chi connectivity index (χ3n) is 1.81. The maximum Gasteiger partial charge on any atom is 0.101 e. The highest BCUT2D eigenvalue weighted by molar-refractivity contribution is 5.31. The molecule has 3 heteroatoms. The molecule has 1 rings (SSSR count). The first-order valence-corrected chi connectivity index (χ1v) is 3.88. The summed E-state index contributed by atoms with van der Waals surface area (Å²) < 4.78 is 0. The molecular weight excluding hydrogens is 162 g/mol. The van der Waals surface area contributed by atoms with Gasteiger partial charge in [0.1, 0.15) is 6.07 Å². The molecule has 0 saturated carbocycles. The second-order valence-electron chi connectivity index (χ2n) is 3.28. The maximum absolute atomic E-state index is 8.82. The van der Waals surface area contributed by atoms with Gasteiger partial charge < -0.3 is 0 Å².